The van der Waals surface area contributed by atoms with Crippen LogP contribution >= 0.6 is 0 Å². The zero-order valence-corrected chi connectivity index (χ0v) is 21.7. The number of hydrogen-bond acceptors (Lipinski definition) is 7. The van der Waals surface area contributed by atoms with Crippen LogP contribution in [0.3, 0.4) is 0 Å². The first-order valence-electron chi connectivity index (χ1n) is 11.8. The molecule has 0 spiro atoms. The van der Waals surface area contributed by atoms with Gasteiger partial charge in [-0.3, -0.25) is 9.59 Å². The second-order valence-corrected chi connectivity index (χ2v) is 11.5. The number of nitrogens with zero attached hydrogens (tertiary/aromatic N) is 1. The molecule has 2 amide bonds. The minimum Gasteiger partial charge on any atom is -0.468 e. The first kappa shape index (κ1) is 28.6. The highest BCUT2D eigenvalue weighted by atomic mass is 32.2. The van der Waals surface area contributed by atoms with E-state index in [0.29, 0.717) is 19.4 Å². The highest BCUT2D eigenvalue weighted by Crippen LogP contribution is 2.30. The van der Waals surface area contributed by atoms with Gasteiger partial charge in [-0.05, 0) is 58.1 Å². The van der Waals surface area contributed by atoms with Crippen molar-refractivity contribution in [2.75, 3.05) is 26.7 Å². The molecule has 1 fully saturated rings. The van der Waals surface area contributed by atoms with Crippen LogP contribution in [0.15, 0.2) is 35.2 Å². The molecule has 1 aromatic carbocycles. The number of rotatable bonds is 11. The predicted octanol–water partition coefficient (Wildman–Crippen LogP) is 2.44. The number of amides is 2. The first-order valence-corrected chi connectivity index (χ1v) is 13.3. The van der Waals surface area contributed by atoms with Crippen molar-refractivity contribution in [2.24, 2.45) is 5.92 Å². The van der Waals surface area contributed by atoms with Gasteiger partial charge in [-0.25, -0.2) is 13.2 Å². The molecule has 0 aliphatic carbocycles. The van der Waals surface area contributed by atoms with Gasteiger partial charge in [0.2, 0.25) is 15.9 Å². The molecule has 0 saturated carbocycles. The summed E-state index contributed by atoms with van der Waals surface area (Å²) in [6.45, 7) is 6.25. The summed E-state index contributed by atoms with van der Waals surface area (Å²) >= 11 is 0. The predicted molar refractivity (Wildman–Crippen MR) is 130 cm³/mol. The molecule has 0 radical (unpaired) electrons. The van der Waals surface area contributed by atoms with E-state index in [2.05, 4.69) is 10.6 Å². The van der Waals surface area contributed by atoms with E-state index in [4.69, 9.17) is 9.47 Å². The molecular weight excluding hydrogens is 474 g/mol. The van der Waals surface area contributed by atoms with Crippen LogP contribution in [-0.4, -0.2) is 69.1 Å². The molecule has 0 bridgehead atoms. The standard InChI is InChI=1S/C24H37N3O7S/c1-24(2,3)34-23(30)25-14-10-6-9-13-21(28)26-16-18-15-20(22(29)33-4)27(17-18)35(31,32)19-11-7-5-8-12-19/h5,7-8,11-12,18,20H,6,9-10,13-17H2,1-4H3,(H,25,30)(H,26,28)/t18?,20-/m0/s1. The van der Waals surface area contributed by atoms with Gasteiger partial charge in [-0.1, -0.05) is 24.6 Å². The Morgan fingerprint density at radius 2 is 1.74 bits per heavy atom. The summed E-state index contributed by atoms with van der Waals surface area (Å²) in [5.74, 6) is -0.957. The van der Waals surface area contributed by atoms with Gasteiger partial charge < -0.3 is 20.1 Å². The van der Waals surface area contributed by atoms with Gasteiger partial charge in [0.15, 0.2) is 0 Å². The Morgan fingerprint density at radius 3 is 2.37 bits per heavy atom. The summed E-state index contributed by atoms with van der Waals surface area (Å²) in [6.07, 6.45) is 2.29. The summed E-state index contributed by atoms with van der Waals surface area (Å²) in [4.78, 5) is 36.2. The minimum absolute atomic E-state index is 0.111. The van der Waals surface area contributed by atoms with Crippen molar-refractivity contribution in [1.29, 1.82) is 0 Å². The van der Waals surface area contributed by atoms with E-state index in [-0.39, 0.29) is 36.2 Å². The number of methoxy groups -OCH3 is 1. The molecule has 11 heteroatoms. The number of nitrogens with one attached hydrogen (secondary N) is 2. The lowest BCUT2D eigenvalue weighted by Gasteiger charge is -2.22. The molecule has 1 aromatic rings. The Labute approximate surface area is 207 Å². The highest BCUT2D eigenvalue weighted by molar-refractivity contribution is 7.89. The van der Waals surface area contributed by atoms with Crippen molar-refractivity contribution in [1.82, 2.24) is 14.9 Å². The summed E-state index contributed by atoms with van der Waals surface area (Å²) in [7, 11) is -2.64. The Bertz CT molecular complexity index is 961. The van der Waals surface area contributed by atoms with Crippen molar-refractivity contribution in [2.45, 2.75) is 69.4 Å². The number of esters is 1. The average Bonchev–Trinajstić information content (AvgIpc) is 3.24. The quantitative estimate of drug-likeness (QED) is 0.345. The van der Waals surface area contributed by atoms with Gasteiger partial charge in [-0.15, -0.1) is 0 Å². The Kier molecular flexibility index (Phi) is 10.5. The number of carbonyl (C=O) groups excluding carboxylic acids is 3. The molecule has 2 rings (SSSR count). The van der Waals surface area contributed by atoms with Crippen LogP contribution in [0.5, 0.6) is 0 Å². The van der Waals surface area contributed by atoms with E-state index >= 15 is 0 Å². The largest absolute Gasteiger partial charge is 0.468 e. The second kappa shape index (κ2) is 12.9. The van der Waals surface area contributed by atoms with E-state index in [1.165, 1.54) is 23.5 Å². The van der Waals surface area contributed by atoms with Crippen LogP contribution in [0.1, 0.15) is 52.9 Å². The van der Waals surface area contributed by atoms with E-state index < -0.39 is 33.7 Å². The van der Waals surface area contributed by atoms with Gasteiger partial charge >= 0.3 is 12.1 Å². The fraction of sp³-hybridized carbons (Fsp3) is 0.625. The van der Waals surface area contributed by atoms with Crippen LogP contribution in [0, 0.1) is 5.92 Å². The average molecular weight is 512 g/mol. The molecule has 35 heavy (non-hydrogen) atoms. The number of hydrogen-bond donors (Lipinski definition) is 2. The zero-order chi connectivity index (χ0) is 26.1. The fourth-order valence-electron chi connectivity index (χ4n) is 3.82. The third-order valence-corrected chi connectivity index (χ3v) is 7.39. The molecule has 2 N–H and O–H groups in total. The fourth-order valence-corrected chi connectivity index (χ4v) is 5.51. The smallest absolute Gasteiger partial charge is 0.407 e. The third kappa shape index (κ3) is 9.14. The number of ether oxygens (including phenoxy) is 2. The maximum atomic E-state index is 13.1. The third-order valence-electron chi connectivity index (χ3n) is 5.50. The van der Waals surface area contributed by atoms with Crippen LogP contribution in [0.2, 0.25) is 0 Å². The normalized spacial score (nSPS) is 18.6. The number of unbranched alkanes of at least 4 members (excludes halogenated alkanes) is 2. The van der Waals surface area contributed by atoms with Crippen LogP contribution in [0.4, 0.5) is 4.79 Å². The maximum Gasteiger partial charge on any atom is 0.407 e. The topological polar surface area (TPSA) is 131 Å². The summed E-state index contributed by atoms with van der Waals surface area (Å²) in [5, 5.41) is 5.53. The van der Waals surface area contributed by atoms with Crippen LogP contribution in [-0.2, 0) is 29.1 Å². The monoisotopic (exact) mass is 511 g/mol. The molecule has 2 atom stereocenters. The molecule has 1 unspecified atom stereocenters. The molecule has 1 aliphatic rings. The van der Waals surface area contributed by atoms with Crippen molar-refractivity contribution in [3.05, 3.63) is 30.3 Å². The SMILES string of the molecule is COC(=O)[C@@H]1CC(CNC(=O)CCCCCNC(=O)OC(C)(C)C)CN1S(=O)(=O)c1ccccc1. The van der Waals surface area contributed by atoms with Crippen molar-refractivity contribution in [3.8, 4) is 0 Å². The Morgan fingerprint density at radius 1 is 1.06 bits per heavy atom. The summed E-state index contributed by atoms with van der Waals surface area (Å²) < 4.78 is 37.3. The lowest BCUT2D eigenvalue weighted by Crippen LogP contribution is -2.41. The highest BCUT2D eigenvalue weighted by Gasteiger charge is 2.44. The van der Waals surface area contributed by atoms with Gasteiger partial charge in [0.25, 0.3) is 0 Å². The van der Waals surface area contributed by atoms with Crippen molar-refractivity contribution in [3.63, 3.8) is 0 Å². The molecular formula is C24H37N3O7S. The van der Waals surface area contributed by atoms with Crippen molar-refractivity contribution >= 4 is 28.0 Å². The number of benzene rings is 1. The Hall–Kier alpha value is -2.66. The van der Waals surface area contributed by atoms with E-state index in [9.17, 15) is 22.8 Å². The summed E-state index contributed by atoms with van der Waals surface area (Å²) in [5.41, 5.74) is -0.541. The lowest BCUT2D eigenvalue weighted by atomic mass is 10.1. The summed E-state index contributed by atoms with van der Waals surface area (Å²) in [6, 6.07) is 7.02. The second-order valence-electron chi connectivity index (χ2n) is 9.57. The van der Waals surface area contributed by atoms with E-state index in [0.717, 1.165) is 12.8 Å². The van der Waals surface area contributed by atoms with E-state index in [1.807, 2.05) is 0 Å². The molecule has 1 aliphatic heterocycles. The van der Waals surface area contributed by atoms with Gasteiger partial charge in [0.05, 0.1) is 12.0 Å². The minimum atomic E-state index is -3.87. The number of alkyl carbamates (subject to hydrolysis) is 1. The zero-order valence-electron chi connectivity index (χ0n) is 20.9. The molecule has 1 saturated heterocycles. The number of sulfonamides is 1. The Balaban J connectivity index is 1.76. The lowest BCUT2D eigenvalue weighted by molar-refractivity contribution is -0.144. The van der Waals surface area contributed by atoms with E-state index in [1.54, 1.807) is 39.0 Å². The van der Waals surface area contributed by atoms with Crippen LogP contribution in [0.25, 0.3) is 0 Å². The van der Waals surface area contributed by atoms with Gasteiger partial charge in [-0.2, -0.15) is 4.31 Å². The molecule has 196 valence electrons. The van der Waals surface area contributed by atoms with Gasteiger partial charge in [0, 0.05) is 26.1 Å². The van der Waals surface area contributed by atoms with Gasteiger partial charge in [0.1, 0.15) is 11.6 Å². The van der Waals surface area contributed by atoms with Crippen LogP contribution < -0.4 is 10.6 Å². The maximum absolute atomic E-state index is 13.1. The number of carbonyl (C=O) groups is 3. The molecule has 10 nitrogen and oxygen atoms in total. The molecule has 0 aromatic heterocycles. The molecule has 1 heterocycles. The van der Waals surface area contributed by atoms with Crippen molar-refractivity contribution < 1.29 is 32.3 Å². The first-order chi connectivity index (χ1) is 16.4.